The van der Waals surface area contributed by atoms with Crippen molar-refractivity contribution in [1.82, 2.24) is 4.90 Å². The number of carbonyl (C=O) groups is 1. The van der Waals surface area contributed by atoms with E-state index in [-0.39, 0.29) is 17.6 Å². The van der Waals surface area contributed by atoms with Gasteiger partial charge in [-0.2, -0.15) is 4.99 Å². The molecule has 0 aromatic heterocycles. The summed E-state index contributed by atoms with van der Waals surface area (Å²) in [5.74, 6) is 0.0548. The molecule has 0 fully saturated rings. The van der Waals surface area contributed by atoms with Gasteiger partial charge in [0.1, 0.15) is 17.7 Å². The maximum atomic E-state index is 13.8. The van der Waals surface area contributed by atoms with E-state index in [1.54, 1.807) is 18.2 Å². The lowest BCUT2D eigenvalue weighted by atomic mass is 10.0. The maximum Gasteiger partial charge on any atom is 0.346 e. The van der Waals surface area contributed by atoms with Gasteiger partial charge in [0.15, 0.2) is 0 Å². The second-order valence-electron chi connectivity index (χ2n) is 4.79. The minimum absolute atomic E-state index is 0.158. The van der Waals surface area contributed by atoms with Crippen molar-refractivity contribution < 1.29 is 9.18 Å². The number of aliphatic imine (C=N–C) groups is 1. The third kappa shape index (κ3) is 2.20. The summed E-state index contributed by atoms with van der Waals surface area (Å²) in [5, 5.41) is 0. The van der Waals surface area contributed by atoms with Crippen LogP contribution in [0.2, 0.25) is 0 Å². The molecule has 1 heterocycles. The van der Waals surface area contributed by atoms with Gasteiger partial charge in [-0.05, 0) is 12.0 Å². The molecule has 2 N–H and O–H groups in total. The molecule has 1 atom stereocenters. The van der Waals surface area contributed by atoms with E-state index >= 15 is 0 Å². The van der Waals surface area contributed by atoms with Gasteiger partial charge in [0.2, 0.25) is 0 Å². The molecule has 18 heavy (non-hydrogen) atoms. The Kier molecular flexibility index (Phi) is 3.32. The van der Waals surface area contributed by atoms with Crippen LogP contribution >= 0.6 is 0 Å². The van der Waals surface area contributed by atoms with Crippen molar-refractivity contribution in [3.05, 3.63) is 35.6 Å². The summed E-state index contributed by atoms with van der Waals surface area (Å²) in [4.78, 5) is 17.0. The summed E-state index contributed by atoms with van der Waals surface area (Å²) in [6.07, 6.45) is 0. The Bertz CT molecular complexity index is 499. The highest BCUT2D eigenvalue weighted by Gasteiger charge is 2.36. The van der Waals surface area contributed by atoms with E-state index in [1.165, 1.54) is 11.0 Å². The molecule has 2 amide bonds. The zero-order chi connectivity index (χ0) is 13.3. The molecule has 0 aliphatic carbocycles. The van der Waals surface area contributed by atoms with Crippen LogP contribution in [0.25, 0.3) is 0 Å². The molecular formula is C13H16FN3O. The molecule has 1 aromatic carbocycles. The van der Waals surface area contributed by atoms with Crippen molar-refractivity contribution in [3.8, 4) is 0 Å². The average molecular weight is 249 g/mol. The van der Waals surface area contributed by atoms with Crippen LogP contribution in [-0.2, 0) is 0 Å². The Labute approximate surface area is 105 Å². The van der Waals surface area contributed by atoms with Gasteiger partial charge in [-0.1, -0.05) is 32.0 Å². The molecule has 96 valence electrons. The lowest BCUT2D eigenvalue weighted by Gasteiger charge is -2.26. The zero-order valence-electron chi connectivity index (χ0n) is 10.4. The van der Waals surface area contributed by atoms with Gasteiger partial charge >= 0.3 is 6.03 Å². The van der Waals surface area contributed by atoms with E-state index in [1.807, 2.05) is 13.8 Å². The Morgan fingerprint density at radius 2 is 2.11 bits per heavy atom. The van der Waals surface area contributed by atoms with Crippen LogP contribution in [0.15, 0.2) is 29.3 Å². The fourth-order valence-electron chi connectivity index (χ4n) is 2.11. The normalized spacial score (nSPS) is 19.6. The quantitative estimate of drug-likeness (QED) is 0.893. The average Bonchev–Trinajstić information content (AvgIpc) is 2.55. The first-order valence-electron chi connectivity index (χ1n) is 5.89. The molecule has 1 aliphatic rings. The van der Waals surface area contributed by atoms with E-state index in [9.17, 15) is 9.18 Å². The second kappa shape index (κ2) is 4.76. The van der Waals surface area contributed by atoms with Gasteiger partial charge in [-0.15, -0.1) is 0 Å². The van der Waals surface area contributed by atoms with Gasteiger partial charge in [-0.3, -0.25) is 0 Å². The summed E-state index contributed by atoms with van der Waals surface area (Å²) >= 11 is 0. The van der Waals surface area contributed by atoms with E-state index in [4.69, 9.17) is 5.73 Å². The highest BCUT2D eigenvalue weighted by molar-refractivity contribution is 6.03. The largest absolute Gasteiger partial charge is 0.385 e. The Hall–Kier alpha value is -1.91. The molecule has 1 unspecified atom stereocenters. The molecular weight excluding hydrogens is 233 g/mol. The number of benzene rings is 1. The molecule has 1 aromatic rings. The van der Waals surface area contributed by atoms with Crippen molar-refractivity contribution in [2.45, 2.75) is 19.9 Å². The van der Waals surface area contributed by atoms with Crippen LogP contribution in [0.1, 0.15) is 25.5 Å². The standard InChI is InChI=1S/C13H16FN3O/c1-8(2)7-17-11(12(15)16-13(17)18)9-5-3-4-6-10(9)14/h3-6,8,11H,7H2,1-2H3,(H2,15,16,18). The summed E-state index contributed by atoms with van der Waals surface area (Å²) in [6, 6.07) is 5.35. The van der Waals surface area contributed by atoms with E-state index in [0.29, 0.717) is 12.1 Å². The number of nitrogens with zero attached hydrogens (tertiary/aromatic N) is 2. The van der Waals surface area contributed by atoms with Gasteiger partial charge in [0, 0.05) is 12.1 Å². The zero-order valence-corrected chi connectivity index (χ0v) is 10.4. The van der Waals surface area contributed by atoms with Crippen molar-refractivity contribution in [2.75, 3.05) is 6.54 Å². The van der Waals surface area contributed by atoms with Crippen molar-refractivity contribution in [3.63, 3.8) is 0 Å². The number of amides is 2. The predicted molar refractivity (Wildman–Crippen MR) is 67.7 cm³/mol. The summed E-state index contributed by atoms with van der Waals surface area (Å²) in [5.41, 5.74) is 6.15. The minimum Gasteiger partial charge on any atom is -0.385 e. The highest BCUT2D eigenvalue weighted by atomic mass is 19.1. The Morgan fingerprint density at radius 3 is 2.72 bits per heavy atom. The van der Waals surface area contributed by atoms with Crippen LogP contribution in [0.3, 0.4) is 0 Å². The number of carbonyl (C=O) groups excluding carboxylic acids is 1. The number of nitrogens with two attached hydrogens (primary N) is 1. The third-order valence-electron chi connectivity index (χ3n) is 2.82. The monoisotopic (exact) mass is 249 g/mol. The molecule has 4 nitrogen and oxygen atoms in total. The maximum absolute atomic E-state index is 13.8. The molecule has 0 saturated carbocycles. The van der Waals surface area contributed by atoms with E-state index < -0.39 is 12.1 Å². The smallest absolute Gasteiger partial charge is 0.346 e. The molecule has 2 rings (SSSR count). The first kappa shape index (κ1) is 12.5. The van der Waals surface area contributed by atoms with Gasteiger partial charge in [-0.25, -0.2) is 9.18 Å². The summed E-state index contributed by atoms with van der Waals surface area (Å²) in [6.45, 7) is 4.47. The number of hydrogen-bond donors (Lipinski definition) is 1. The van der Waals surface area contributed by atoms with Gasteiger partial charge < -0.3 is 10.6 Å². The number of amidine groups is 1. The minimum atomic E-state index is -0.582. The Morgan fingerprint density at radius 1 is 1.44 bits per heavy atom. The Balaban J connectivity index is 2.37. The predicted octanol–water partition coefficient (Wildman–Crippen LogP) is 2.32. The highest BCUT2D eigenvalue weighted by Crippen LogP contribution is 2.29. The number of rotatable bonds is 3. The number of urea groups is 1. The summed E-state index contributed by atoms with van der Waals surface area (Å²) < 4.78 is 13.8. The van der Waals surface area contributed by atoms with Gasteiger partial charge in [0.25, 0.3) is 0 Å². The molecule has 0 bridgehead atoms. The third-order valence-corrected chi connectivity index (χ3v) is 2.82. The molecule has 0 spiro atoms. The second-order valence-corrected chi connectivity index (χ2v) is 4.79. The molecule has 0 radical (unpaired) electrons. The van der Waals surface area contributed by atoms with Crippen LogP contribution in [0.4, 0.5) is 9.18 Å². The van der Waals surface area contributed by atoms with Crippen LogP contribution in [-0.4, -0.2) is 23.3 Å². The van der Waals surface area contributed by atoms with Gasteiger partial charge in [0.05, 0.1) is 0 Å². The fourth-order valence-corrected chi connectivity index (χ4v) is 2.11. The van der Waals surface area contributed by atoms with E-state index in [2.05, 4.69) is 4.99 Å². The first-order chi connectivity index (χ1) is 8.50. The lowest BCUT2D eigenvalue weighted by molar-refractivity contribution is 0.198. The number of halogens is 1. The molecule has 5 heteroatoms. The van der Waals surface area contributed by atoms with Crippen molar-refractivity contribution in [2.24, 2.45) is 16.6 Å². The van der Waals surface area contributed by atoms with Crippen LogP contribution in [0, 0.1) is 11.7 Å². The fraction of sp³-hybridized carbons (Fsp3) is 0.385. The lowest BCUT2D eigenvalue weighted by Crippen LogP contribution is -2.36. The first-order valence-corrected chi connectivity index (χ1v) is 5.89. The number of hydrogen-bond acceptors (Lipinski definition) is 2. The van der Waals surface area contributed by atoms with Crippen molar-refractivity contribution in [1.29, 1.82) is 0 Å². The molecule has 0 saturated heterocycles. The van der Waals surface area contributed by atoms with Crippen molar-refractivity contribution >= 4 is 11.9 Å². The van der Waals surface area contributed by atoms with Crippen LogP contribution < -0.4 is 5.73 Å². The summed E-state index contributed by atoms with van der Waals surface area (Å²) in [7, 11) is 0. The van der Waals surface area contributed by atoms with E-state index in [0.717, 1.165) is 0 Å². The topological polar surface area (TPSA) is 58.7 Å². The SMILES string of the molecule is CC(C)CN1C(=O)N=C(N)C1c1ccccc1F. The van der Waals surface area contributed by atoms with Crippen LogP contribution in [0.5, 0.6) is 0 Å². The molecule has 1 aliphatic heterocycles.